The van der Waals surface area contributed by atoms with Crippen molar-refractivity contribution >= 4 is 11.6 Å². The number of hydrogen-bond acceptors (Lipinski definition) is 4. The van der Waals surface area contributed by atoms with Crippen molar-refractivity contribution in [1.29, 1.82) is 0 Å². The third-order valence-electron chi connectivity index (χ3n) is 9.55. The Labute approximate surface area is 234 Å². The van der Waals surface area contributed by atoms with Crippen LogP contribution in [-0.2, 0) is 38.1 Å². The van der Waals surface area contributed by atoms with Crippen molar-refractivity contribution < 1.29 is 26.7 Å². The van der Waals surface area contributed by atoms with Crippen LogP contribution >= 0.6 is 0 Å². The average molecular weight is 572 g/mol. The van der Waals surface area contributed by atoms with E-state index in [9.17, 15) is 26.7 Å². The van der Waals surface area contributed by atoms with Crippen LogP contribution in [0.1, 0.15) is 70.5 Å². The molecule has 11 heteroatoms. The topological polar surface area (TPSA) is 54.3 Å². The minimum atomic E-state index is -4.61. The number of benzene rings is 2. The second-order valence-corrected chi connectivity index (χ2v) is 12.6. The Kier molecular flexibility index (Phi) is 5.72. The van der Waals surface area contributed by atoms with Crippen molar-refractivity contribution in [2.45, 2.75) is 69.1 Å². The first kappa shape index (κ1) is 26.6. The van der Waals surface area contributed by atoms with Gasteiger partial charge in [0.05, 0.1) is 12.1 Å². The summed E-state index contributed by atoms with van der Waals surface area (Å²) >= 11 is 0. The highest BCUT2D eigenvalue weighted by Gasteiger charge is 2.57. The summed E-state index contributed by atoms with van der Waals surface area (Å²) in [5, 5.41) is 7.94. The zero-order chi connectivity index (χ0) is 28.8. The number of hydrogen-bond donors (Lipinski definition) is 0. The molecule has 2 aliphatic carbocycles. The van der Waals surface area contributed by atoms with E-state index in [-0.39, 0.29) is 36.9 Å². The molecular formula is C30H30F5N5O. The van der Waals surface area contributed by atoms with Crippen LogP contribution < -0.4 is 4.90 Å². The lowest BCUT2D eigenvalue weighted by atomic mass is 9.60. The van der Waals surface area contributed by atoms with Crippen LogP contribution in [-0.4, -0.2) is 44.6 Å². The van der Waals surface area contributed by atoms with Gasteiger partial charge in [0.15, 0.2) is 0 Å². The maximum atomic E-state index is 14.3. The molecule has 0 unspecified atom stereocenters. The molecule has 1 aromatic heterocycles. The molecule has 216 valence electrons. The van der Waals surface area contributed by atoms with E-state index in [0.717, 1.165) is 19.5 Å². The highest BCUT2D eigenvalue weighted by Crippen LogP contribution is 2.56. The highest BCUT2D eigenvalue weighted by molar-refractivity contribution is 6.10. The van der Waals surface area contributed by atoms with E-state index in [4.69, 9.17) is 0 Å². The van der Waals surface area contributed by atoms with Crippen molar-refractivity contribution in [1.82, 2.24) is 19.7 Å². The highest BCUT2D eigenvalue weighted by atomic mass is 19.4. The molecule has 3 heterocycles. The molecule has 0 N–H and O–H groups in total. The number of aromatic nitrogens is 3. The number of carbonyl (C=O) groups excluding carboxylic acids is 1. The minimum Gasteiger partial charge on any atom is -0.321 e. The van der Waals surface area contributed by atoms with Gasteiger partial charge in [0.25, 0.3) is 5.91 Å². The van der Waals surface area contributed by atoms with Crippen LogP contribution in [0.15, 0.2) is 42.7 Å². The Morgan fingerprint density at radius 2 is 1.83 bits per heavy atom. The third kappa shape index (κ3) is 4.62. The first-order valence-corrected chi connectivity index (χ1v) is 13.9. The molecule has 1 saturated heterocycles. The van der Waals surface area contributed by atoms with Crippen LogP contribution in [0.5, 0.6) is 0 Å². The van der Waals surface area contributed by atoms with Crippen molar-refractivity contribution in [3.05, 3.63) is 76.4 Å². The molecule has 2 aromatic carbocycles. The van der Waals surface area contributed by atoms with Crippen molar-refractivity contribution in [2.24, 2.45) is 12.5 Å². The predicted molar refractivity (Wildman–Crippen MR) is 141 cm³/mol. The summed E-state index contributed by atoms with van der Waals surface area (Å²) in [5.41, 5.74) is 0.135. The Morgan fingerprint density at radius 1 is 1.05 bits per heavy atom. The summed E-state index contributed by atoms with van der Waals surface area (Å²) in [6, 6.07) is 9.53. The molecule has 6 nitrogen and oxygen atoms in total. The molecule has 1 spiro atoms. The lowest BCUT2D eigenvalue weighted by Gasteiger charge is -2.48. The lowest BCUT2D eigenvalue weighted by Crippen LogP contribution is -2.51. The number of likely N-dealkylation sites (tertiary alicyclic amines) is 1. The Morgan fingerprint density at radius 3 is 2.46 bits per heavy atom. The van der Waals surface area contributed by atoms with Gasteiger partial charge in [0.1, 0.15) is 12.2 Å². The molecule has 0 bridgehead atoms. The fourth-order valence-electron chi connectivity index (χ4n) is 7.17. The number of fused-ring (bicyclic) bond motifs is 1. The van der Waals surface area contributed by atoms with Crippen LogP contribution in [0.4, 0.5) is 27.6 Å². The normalized spacial score (nSPS) is 22.3. The van der Waals surface area contributed by atoms with Gasteiger partial charge >= 0.3 is 6.18 Å². The zero-order valence-corrected chi connectivity index (χ0v) is 22.6. The Bertz CT molecular complexity index is 1530. The summed E-state index contributed by atoms with van der Waals surface area (Å²) < 4.78 is 73.0. The fraction of sp³-hybridized carbons (Fsp3) is 0.500. The molecule has 1 amide bonds. The van der Waals surface area contributed by atoms with Gasteiger partial charge < -0.3 is 9.47 Å². The average Bonchev–Trinajstić information content (AvgIpc) is 3.16. The quantitative estimate of drug-likeness (QED) is 0.347. The number of nitrogens with zero attached hydrogens (tertiary/aromatic N) is 5. The van der Waals surface area contributed by atoms with Gasteiger partial charge in [0.2, 0.25) is 5.92 Å². The standard InChI is InChI=1S/C30H30F5N5O/c1-38-18-36-37-25(38)12-28(15-29(31,32)16-28)20-3-2-4-21(11-20)40-14-23-22(26(40)41)9-19(10-24(23)30(33,34)35)13-39-8-7-27(17-39)5-6-27/h2-4,9-11,18H,5-8,12-17H2,1H3. The van der Waals surface area contributed by atoms with Gasteiger partial charge in [0, 0.05) is 56.1 Å². The molecule has 0 radical (unpaired) electrons. The third-order valence-corrected chi connectivity index (χ3v) is 9.55. The fourth-order valence-corrected chi connectivity index (χ4v) is 7.17. The molecule has 7 rings (SSSR count). The van der Waals surface area contributed by atoms with Crippen LogP contribution in [0.2, 0.25) is 0 Å². The van der Waals surface area contributed by atoms with Gasteiger partial charge in [-0.3, -0.25) is 9.69 Å². The predicted octanol–water partition coefficient (Wildman–Crippen LogP) is 5.89. The molecule has 2 saturated carbocycles. The van der Waals surface area contributed by atoms with Gasteiger partial charge in [-0.25, -0.2) is 8.78 Å². The maximum absolute atomic E-state index is 14.3. The van der Waals surface area contributed by atoms with E-state index >= 15 is 0 Å². The van der Waals surface area contributed by atoms with Crippen molar-refractivity contribution in [3.8, 4) is 0 Å². The summed E-state index contributed by atoms with van der Waals surface area (Å²) in [4.78, 5) is 17.1. The number of amides is 1. The van der Waals surface area contributed by atoms with Crippen molar-refractivity contribution in [3.63, 3.8) is 0 Å². The monoisotopic (exact) mass is 571 g/mol. The number of halogens is 5. The summed E-state index contributed by atoms with van der Waals surface area (Å²) in [6.45, 7) is 1.87. The molecule has 2 aliphatic heterocycles. The second-order valence-electron chi connectivity index (χ2n) is 12.6. The summed E-state index contributed by atoms with van der Waals surface area (Å²) in [5.74, 6) is -2.78. The van der Waals surface area contributed by atoms with E-state index < -0.39 is 29.0 Å². The van der Waals surface area contributed by atoms with Crippen molar-refractivity contribution in [2.75, 3.05) is 18.0 Å². The number of aryl methyl sites for hydroxylation is 1. The molecular weight excluding hydrogens is 541 g/mol. The lowest BCUT2D eigenvalue weighted by molar-refractivity contribution is -0.138. The number of alkyl halides is 5. The first-order valence-electron chi connectivity index (χ1n) is 13.9. The van der Waals surface area contributed by atoms with Gasteiger partial charge in [-0.15, -0.1) is 10.2 Å². The molecule has 0 atom stereocenters. The molecule has 4 aliphatic rings. The number of rotatable bonds is 6. The van der Waals surface area contributed by atoms with E-state index in [1.54, 1.807) is 41.9 Å². The van der Waals surface area contributed by atoms with E-state index in [0.29, 0.717) is 34.6 Å². The van der Waals surface area contributed by atoms with E-state index in [1.165, 1.54) is 30.1 Å². The second kappa shape index (κ2) is 8.83. The van der Waals surface area contributed by atoms with Gasteiger partial charge in [-0.05, 0) is 72.2 Å². The number of carbonyl (C=O) groups is 1. The first-order chi connectivity index (χ1) is 19.4. The zero-order valence-electron chi connectivity index (χ0n) is 22.6. The number of anilines is 1. The van der Waals surface area contributed by atoms with E-state index in [2.05, 4.69) is 15.1 Å². The Hall–Kier alpha value is -3.34. The summed E-state index contributed by atoms with van der Waals surface area (Å²) in [7, 11) is 1.75. The maximum Gasteiger partial charge on any atom is 0.416 e. The smallest absolute Gasteiger partial charge is 0.321 e. The van der Waals surface area contributed by atoms with Gasteiger partial charge in [-0.2, -0.15) is 13.2 Å². The summed E-state index contributed by atoms with van der Waals surface area (Å²) in [6.07, 6.45) is -0.229. The largest absolute Gasteiger partial charge is 0.416 e. The van der Waals surface area contributed by atoms with Crippen LogP contribution in [0.3, 0.4) is 0 Å². The van der Waals surface area contributed by atoms with E-state index in [1.807, 2.05) is 0 Å². The minimum absolute atomic E-state index is 0.0410. The van der Waals surface area contributed by atoms with Gasteiger partial charge in [-0.1, -0.05) is 12.1 Å². The molecule has 3 fully saturated rings. The Balaban J connectivity index is 1.20. The van der Waals surface area contributed by atoms with Crippen LogP contribution in [0, 0.1) is 5.41 Å². The SMILES string of the molecule is Cn1cnnc1CC1(c2cccc(N3Cc4c(cc(CN5CCC6(CC6)C5)cc4C(F)(F)F)C3=O)c2)CC(F)(F)C1. The van der Waals surface area contributed by atoms with Crippen LogP contribution in [0.25, 0.3) is 0 Å². The molecule has 3 aromatic rings. The molecule has 41 heavy (non-hydrogen) atoms.